The molecule has 3 heterocycles. The lowest BCUT2D eigenvalue weighted by molar-refractivity contribution is -0.284. The number of aromatic nitrogens is 2. The van der Waals surface area contributed by atoms with E-state index < -0.39 is 35.3 Å². The van der Waals surface area contributed by atoms with Gasteiger partial charge in [-0.15, -0.1) is 0 Å². The van der Waals surface area contributed by atoms with Crippen molar-refractivity contribution in [1.82, 2.24) is 9.55 Å². The SMILES string of the molecule is O=c1ccn([C@@H]2OC[C@@H](O)[C@]3(Cc4ccc(-c5ccccc5)cc4CO3)[C@H]2O)c(=O)[nH]1. The molecule has 1 fully saturated rings. The van der Waals surface area contributed by atoms with E-state index in [-0.39, 0.29) is 19.6 Å². The highest BCUT2D eigenvalue weighted by Gasteiger charge is 2.55. The first-order valence-corrected chi connectivity index (χ1v) is 10.1. The molecule has 0 radical (unpaired) electrons. The average molecular weight is 422 g/mol. The molecule has 5 rings (SSSR count). The van der Waals surface area contributed by atoms with Crippen LogP contribution in [0.3, 0.4) is 0 Å². The Morgan fingerprint density at radius 2 is 1.81 bits per heavy atom. The molecule has 8 nitrogen and oxygen atoms in total. The third-order valence-corrected chi connectivity index (χ3v) is 6.16. The molecule has 3 N–H and O–H groups in total. The zero-order valence-corrected chi connectivity index (χ0v) is 16.6. The van der Waals surface area contributed by atoms with Crippen molar-refractivity contribution in [2.45, 2.75) is 37.1 Å². The highest BCUT2D eigenvalue weighted by atomic mass is 16.6. The predicted octanol–water partition coefficient (Wildman–Crippen LogP) is 0.966. The van der Waals surface area contributed by atoms with Gasteiger partial charge in [0.05, 0.1) is 13.2 Å². The van der Waals surface area contributed by atoms with Crippen LogP contribution in [0.4, 0.5) is 0 Å². The number of hydrogen-bond acceptors (Lipinski definition) is 6. The minimum Gasteiger partial charge on any atom is -0.388 e. The van der Waals surface area contributed by atoms with Crippen LogP contribution >= 0.6 is 0 Å². The number of rotatable bonds is 2. The lowest BCUT2D eigenvalue weighted by Crippen LogP contribution is -2.65. The zero-order valence-electron chi connectivity index (χ0n) is 16.6. The summed E-state index contributed by atoms with van der Waals surface area (Å²) in [5.41, 5.74) is 1.51. The monoisotopic (exact) mass is 422 g/mol. The van der Waals surface area contributed by atoms with Crippen LogP contribution in [0.5, 0.6) is 0 Å². The normalized spacial score (nSPS) is 27.7. The van der Waals surface area contributed by atoms with E-state index in [2.05, 4.69) is 11.1 Å². The van der Waals surface area contributed by atoms with Crippen molar-refractivity contribution in [3.8, 4) is 11.1 Å². The fourth-order valence-corrected chi connectivity index (χ4v) is 4.43. The van der Waals surface area contributed by atoms with Crippen molar-refractivity contribution in [3.63, 3.8) is 0 Å². The van der Waals surface area contributed by atoms with Crippen molar-refractivity contribution >= 4 is 0 Å². The highest BCUT2D eigenvalue weighted by Crippen LogP contribution is 2.41. The molecule has 2 aromatic carbocycles. The van der Waals surface area contributed by atoms with Gasteiger partial charge in [-0.25, -0.2) is 4.79 Å². The molecular weight excluding hydrogens is 400 g/mol. The quantitative estimate of drug-likeness (QED) is 0.567. The number of hydrogen-bond donors (Lipinski definition) is 3. The number of nitrogens with one attached hydrogen (secondary N) is 1. The van der Waals surface area contributed by atoms with Crippen LogP contribution in [0.15, 0.2) is 70.4 Å². The molecule has 2 aliphatic heterocycles. The zero-order chi connectivity index (χ0) is 21.6. The fourth-order valence-electron chi connectivity index (χ4n) is 4.43. The second kappa shape index (κ2) is 7.58. The molecule has 1 saturated heterocycles. The van der Waals surface area contributed by atoms with Gasteiger partial charge in [0.2, 0.25) is 0 Å². The summed E-state index contributed by atoms with van der Waals surface area (Å²) in [6, 6.07) is 17.2. The molecule has 0 bridgehead atoms. The predicted molar refractivity (Wildman–Crippen MR) is 111 cm³/mol. The minimum atomic E-state index is -1.33. The van der Waals surface area contributed by atoms with Crippen molar-refractivity contribution in [2.75, 3.05) is 6.61 Å². The summed E-state index contributed by atoms with van der Waals surface area (Å²) in [4.78, 5) is 25.8. The van der Waals surface area contributed by atoms with Gasteiger partial charge in [0, 0.05) is 18.7 Å². The largest absolute Gasteiger partial charge is 0.388 e. The third kappa shape index (κ3) is 3.34. The van der Waals surface area contributed by atoms with E-state index in [1.807, 2.05) is 42.5 Å². The number of H-pyrrole nitrogens is 1. The average Bonchev–Trinajstić information content (AvgIpc) is 2.79. The van der Waals surface area contributed by atoms with E-state index >= 15 is 0 Å². The van der Waals surface area contributed by atoms with Gasteiger partial charge in [0.1, 0.15) is 17.8 Å². The number of ether oxygens (including phenoxy) is 2. The Morgan fingerprint density at radius 1 is 1.00 bits per heavy atom. The first-order chi connectivity index (χ1) is 15.0. The van der Waals surface area contributed by atoms with Crippen LogP contribution < -0.4 is 11.2 Å². The molecule has 2 aliphatic rings. The highest BCUT2D eigenvalue weighted by molar-refractivity contribution is 5.65. The van der Waals surface area contributed by atoms with E-state index in [1.165, 1.54) is 12.3 Å². The summed E-state index contributed by atoms with van der Waals surface area (Å²) >= 11 is 0. The number of aromatic amines is 1. The van der Waals surface area contributed by atoms with Crippen molar-refractivity contribution in [2.24, 2.45) is 0 Å². The van der Waals surface area contributed by atoms with Crippen molar-refractivity contribution < 1.29 is 19.7 Å². The number of aliphatic hydroxyl groups excluding tert-OH is 2. The molecule has 8 heteroatoms. The molecule has 0 saturated carbocycles. The standard InChI is InChI=1S/C23H22N2O6/c26-18-13-30-21(25-9-8-19(27)24-22(25)29)20(28)23(18)11-16-7-6-15(10-17(16)12-31-23)14-4-2-1-3-5-14/h1-10,18,20-21,26,28H,11-13H2,(H,24,27,29)/t18-,20+,21-,23-/m1/s1. The molecule has 0 aliphatic carbocycles. The fraction of sp³-hybridized carbons (Fsp3) is 0.304. The van der Waals surface area contributed by atoms with Crippen LogP contribution in [0, 0.1) is 0 Å². The smallest absolute Gasteiger partial charge is 0.330 e. The molecule has 0 unspecified atom stereocenters. The maximum atomic E-state index is 12.2. The maximum absolute atomic E-state index is 12.2. The van der Waals surface area contributed by atoms with E-state index in [4.69, 9.17) is 9.47 Å². The van der Waals surface area contributed by atoms with Crippen LogP contribution in [-0.4, -0.2) is 44.2 Å². The summed E-state index contributed by atoms with van der Waals surface area (Å²) in [6.45, 7) is 0.0854. The Kier molecular flexibility index (Phi) is 4.86. The molecule has 31 heavy (non-hydrogen) atoms. The van der Waals surface area contributed by atoms with E-state index in [9.17, 15) is 19.8 Å². The van der Waals surface area contributed by atoms with Gasteiger partial charge in [-0.3, -0.25) is 14.3 Å². The lowest BCUT2D eigenvalue weighted by atomic mass is 9.78. The van der Waals surface area contributed by atoms with Crippen LogP contribution in [-0.2, 0) is 22.5 Å². The van der Waals surface area contributed by atoms with Gasteiger partial charge in [-0.05, 0) is 28.3 Å². The van der Waals surface area contributed by atoms with Gasteiger partial charge >= 0.3 is 5.69 Å². The van der Waals surface area contributed by atoms with Crippen LogP contribution in [0.1, 0.15) is 17.4 Å². The summed E-state index contributed by atoms with van der Waals surface area (Å²) < 4.78 is 12.8. The summed E-state index contributed by atoms with van der Waals surface area (Å²) in [7, 11) is 0. The minimum absolute atomic E-state index is 0.120. The van der Waals surface area contributed by atoms with Crippen molar-refractivity contribution in [1.29, 1.82) is 0 Å². The Labute approximate surface area is 177 Å². The second-order valence-corrected chi connectivity index (χ2v) is 7.97. The number of aliphatic hydroxyl groups is 2. The summed E-state index contributed by atoms with van der Waals surface area (Å²) in [5.74, 6) is 0. The second-order valence-electron chi connectivity index (χ2n) is 7.97. The number of fused-ring (bicyclic) bond motifs is 1. The molecular formula is C23H22N2O6. The van der Waals surface area contributed by atoms with Gasteiger partial charge in [0.25, 0.3) is 5.56 Å². The van der Waals surface area contributed by atoms with E-state index in [1.54, 1.807) is 0 Å². The Bertz CT molecular complexity index is 1220. The molecule has 1 spiro atoms. The first kappa shape index (κ1) is 19.9. The molecule has 3 aromatic rings. The molecule has 160 valence electrons. The topological polar surface area (TPSA) is 114 Å². The van der Waals surface area contributed by atoms with E-state index in [0.29, 0.717) is 0 Å². The van der Waals surface area contributed by atoms with E-state index in [0.717, 1.165) is 26.8 Å². The molecule has 4 atom stereocenters. The van der Waals surface area contributed by atoms with Gasteiger partial charge in [0.15, 0.2) is 6.23 Å². The third-order valence-electron chi connectivity index (χ3n) is 6.16. The Balaban J connectivity index is 1.48. The number of nitrogens with zero attached hydrogens (tertiary/aromatic N) is 1. The number of benzene rings is 2. The molecule has 0 amide bonds. The summed E-state index contributed by atoms with van der Waals surface area (Å²) in [6.07, 6.45) is -1.99. The van der Waals surface area contributed by atoms with Crippen LogP contribution in [0.25, 0.3) is 11.1 Å². The maximum Gasteiger partial charge on any atom is 0.330 e. The Morgan fingerprint density at radius 3 is 2.58 bits per heavy atom. The van der Waals surface area contributed by atoms with Gasteiger partial charge in [-0.2, -0.15) is 0 Å². The van der Waals surface area contributed by atoms with Crippen molar-refractivity contribution in [3.05, 3.63) is 92.8 Å². The first-order valence-electron chi connectivity index (χ1n) is 10.1. The lowest BCUT2D eigenvalue weighted by Gasteiger charge is -2.50. The molecule has 1 aromatic heterocycles. The van der Waals surface area contributed by atoms with Crippen LogP contribution in [0.2, 0.25) is 0 Å². The Hall–Kier alpha value is -3.04. The van der Waals surface area contributed by atoms with Gasteiger partial charge in [-0.1, -0.05) is 42.5 Å². The summed E-state index contributed by atoms with van der Waals surface area (Å²) in [5, 5.41) is 21.9. The van der Waals surface area contributed by atoms with Gasteiger partial charge < -0.3 is 19.7 Å².